The Kier molecular flexibility index (Phi) is 6.51. The van der Waals surface area contributed by atoms with E-state index in [0.717, 1.165) is 5.56 Å². The van der Waals surface area contributed by atoms with Crippen LogP contribution in [0, 0.1) is 12.7 Å². The van der Waals surface area contributed by atoms with Crippen molar-refractivity contribution in [3.63, 3.8) is 0 Å². The lowest BCUT2D eigenvalue weighted by Crippen LogP contribution is -2.10. The molecule has 37 heavy (non-hydrogen) atoms. The number of halogens is 2. The lowest BCUT2D eigenvalue weighted by Gasteiger charge is -2.06. The number of aromatic amines is 2. The lowest BCUT2D eigenvalue weighted by molar-refractivity contribution is 0.623. The molecule has 0 radical (unpaired) electrons. The van der Waals surface area contributed by atoms with E-state index in [1.54, 1.807) is 28.6 Å². The van der Waals surface area contributed by atoms with Crippen molar-refractivity contribution in [2.24, 2.45) is 0 Å². The SMILES string of the molecule is Cc1c2c(=O)[nH]nnc2nn1Cc1ccc(F)cc1Cl.O=c1[nH]nnc2nn(Cc3ccccc3)cc12. The van der Waals surface area contributed by atoms with E-state index in [0.29, 0.717) is 45.8 Å². The molecular weight excluding hydrogens is 503 g/mol. The lowest BCUT2D eigenvalue weighted by atomic mass is 10.2. The molecule has 0 atom stereocenters. The summed E-state index contributed by atoms with van der Waals surface area (Å²) in [5, 5.41) is 28.6. The maximum Gasteiger partial charge on any atom is 0.278 e. The first-order chi connectivity index (χ1) is 17.9. The Morgan fingerprint density at radius 2 is 1.65 bits per heavy atom. The first kappa shape index (κ1) is 23.9. The molecule has 0 unspecified atom stereocenters. The third-order valence-corrected chi connectivity index (χ3v) is 5.87. The van der Waals surface area contributed by atoms with E-state index < -0.39 is 5.82 Å². The molecule has 0 fully saturated rings. The van der Waals surface area contributed by atoms with Gasteiger partial charge in [-0.05, 0) is 30.2 Å². The molecule has 2 N–H and O–H groups in total. The summed E-state index contributed by atoms with van der Waals surface area (Å²) in [6, 6.07) is 14.0. The van der Waals surface area contributed by atoms with Crippen LogP contribution in [0.15, 0.2) is 64.3 Å². The van der Waals surface area contributed by atoms with Gasteiger partial charge < -0.3 is 0 Å². The van der Waals surface area contributed by atoms with Crippen molar-refractivity contribution in [3.05, 3.63) is 103 Å². The molecule has 0 aliphatic rings. The molecule has 0 saturated carbocycles. The van der Waals surface area contributed by atoms with Gasteiger partial charge in [-0.1, -0.05) is 58.4 Å². The van der Waals surface area contributed by atoms with E-state index in [9.17, 15) is 14.0 Å². The summed E-state index contributed by atoms with van der Waals surface area (Å²) in [6.07, 6.45) is 1.68. The van der Waals surface area contributed by atoms with Gasteiger partial charge in [-0.15, -0.1) is 20.4 Å². The number of fused-ring (bicyclic) bond motifs is 2. The molecule has 6 aromatic rings. The number of hydrogen-bond acceptors (Lipinski definition) is 8. The number of benzene rings is 2. The number of aromatic nitrogens is 10. The van der Waals surface area contributed by atoms with Gasteiger partial charge in [0.05, 0.1) is 18.8 Å². The molecule has 0 spiro atoms. The fraction of sp³-hybridized carbons (Fsp3) is 0.130. The molecule has 12 nitrogen and oxygen atoms in total. The van der Waals surface area contributed by atoms with E-state index in [1.807, 2.05) is 30.3 Å². The van der Waals surface area contributed by atoms with Crippen molar-refractivity contribution in [2.75, 3.05) is 0 Å². The first-order valence-electron chi connectivity index (χ1n) is 10.9. The van der Waals surface area contributed by atoms with E-state index >= 15 is 0 Å². The minimum atomic E-state index is -0.400. The highest BCUT2D eigenvalue weighted by molar-refractivity contribution is 6.31. The van der Waals surface area contributed by atoms with E-state index in [2.05, 4.69) is 41.0 Å². The highest BCUT2D eigenvalue weighted by atomic mass is 35.5. The molecule has 0 aliphatic carbocycles. The average molecular weight is 521 g/mol. The van der Waals surface area contributed by atoms with E-state index in [1.165, 1.54) is 12.1 Å². The Labute approximate surface area is 211 Å². The fourth-order valence-corrected chi connectivity index (χ4v) is 3.91. The van der Waals surface area contributed by atoms with Crippen LogP contribution < -0.4 is 11.1 Å². The number of H-pyrrole nitrogens is 2. The summed E-state index contributed by atoms with van der Waals surface area (Å²) in [5.41, 5.74) is 2.49. The minimum Gasteiger partial charge on any atom is -0.267 e. The van der Waals surface area contributed by atoms with Crippen molar-refractivity contribution in [1.29, 1.82) is 0 Å². The molecule has 0 amide bonds. The maximum atomic E-state index is 13.0. The van der Waals surface area contributed by atoms with E-state index in [-0.39, 0.29) is 16.8 Å². The minimum absolute atomic E-state index is 0.268. The number of nitrogens with one attached hydrogen (secondary N) is 2. The first-order valence-corrected chi connectivity index (χ1v) is 11.3. The molecule has 0 aliphatic heterocycles. The normalized spacial score (nSPS) is 11.0. The van der Waals surface area contributed by atoms with Crippen molar-refractivity contribution in [3.8, 4) is 0 Å². The van der Waals surface area contributed by atoms with Gasteiger partial charge >= 0.3 is 0 Å². The van der Waals surface area contributed by atoms with Gasteiger partial charge in [-0.2, -0.15) is 0 Å². The van der Waals surface area contributed by atoms with Crippen LogP contribution in [0.4, 0.5) is 4.39 Å². The summed E-state index contributed by atoms with van der Waals surface area (Å²) < 4.78 is 16.3. The second-order valence-electron chi connectivity index (χ2n) is 8.01. The van der Waals surface area contributed by atoms with E-state index in [4.69, 9.17) is 11.6 Å². The molecule has 6 rings (SSSR count). The van der Waals surface area contributed by atoms with Crippen LogP contribution in [0.25, 0.3) is 22.1 Å². The van der Waals surface area contributed by atoms with Crippen molar-refractivity contribution >= 4 is 33.7 Å². The monoisotopic (exact) mass is 520 g/mol. The second kappa shape index (κ2) is 10.1. The quantitative estimate of drug-likeness (QED) is 0.359. The molecule has 0 bridgehead atoms. The largest absolute Gasteiger partial charge is 0.278 e. The number of hydrogen-bond donors (Lipinski definition) is 2. The molecule has 0 saturated heterocycles. The predicted octanol–water partition coefficient (Wildman–Crippen LogP) is 2.23. The molecule has 186 valence electrons. The number of rotatable bonds is 4. The van der Waals surface area contributed by atoms with Crippen LogP contribution >= 0.6 is 11.6 Å². The number of aryl methyl sites for hydroxylation is 1. The van der Waals surface area contributed by atoms with Crippen molar-refractivity contribution in [1.82, 2.24) is 50.4 Å². The third kappa shape index (κ3) is 5.11. The van der Waals surface area contributed by atoms with Gasteiger partial charge in [0.15, 0.2) is 0 Å². The zero-order valence-electron chi connectivity index (χ0n) is 19.3. The van der Waals surface area contributed by atoms with Crippen LogP contribution in [0.2, 0.25) is 5.02 Å². The third-order valence-electron chi connectivity index (χ3n) is 5.52. The van der Waals surface area contributed by atoms with Crippen LogP contribution in [-0.4, -0.2) is 50.4 Å². The second-order valence-corrected chi connectivity index (χ2v) is 8.42. The van der Waals surface area contributed by atoms with Crippen LogP contribution in [0.3, 0.4) is 0 Å². The van der Waals surface area contributed by atoms with Crippen LogP contribution in [0.1, 0.15) is 16.8 Å². The molecule has 2 aromatic carbocycles. The highest BCUT2D eigenvalue weighted by Gasteiger charge is 2.14. The molecular formula is C23H18ClFN10O2. The van der Waals surface area contributed by atoms with Crippen LogP contribution in [0.5, 0.6) is 0 Å². The van der Waals surface area contributed by atoms with Gasteiger partial charge in [-0.25, -0.2) is 14.6 Å². The van der Waals surface area contributed by atoms with Gasteiger partial charge in [0, 0.05) is 11.2 Å². The van der Waals surface area contributed by atoms with Crippen LogP contribution in [-0.2, 0) is 13.1 Å². The Morgan fingerprint density at radius 3 is 2.35 bits per heavy atom. The Bertz CT molecular complexity index is 1830. The summed E-state index contributed by atoms with van der Waals surface area (Å²) >= 11 is 5.98. The smallest absolute Gasteiger partial charge is 0.267 e. The molecule has 4 aromatic heterocycles. The summed E-state index contributed by atoms with van der Waals surface area (Å²) in [6.45, 7) is 2.68. The Balaban J connectivity index is 0.000000153. The topological polar surface area (TPSA) is 153 Å². The highest BCUT2D eigenvalue weighted by Crippen LogP contribution is 2.20. The zero-order chi connectivity index (χ0) is 25.9. The van der Waals surface area contributed by atoms with Gasteiger partial charge in [0.2, 0.25) is 11.3 Å². The summed E-state index contributed by atoms with van der Waals surface area (Å²) in [5.74, 6) is -0.400. The predicted molar refractivity (Wildman–Crippen MR) is 133 cm³/mol. The molecule has 4 heterocycles. The zero-order valence-corrected chi connectivity index (χ0v) is 20.0. The summed E-state index contributed by atoms with van der Waals surface area (Å²) in [4.78, 5) is 23.1. The fourth-order valence-electron chi connectivity index (χ4n) is 3.68. The van der Waals surface area contributed by atoms with Crippen molar-refractivity contribution in [2.45, 2.75) is 20.0 Å². The standard InChI is InChI=1S/C12H9ClFN5O.C11H9N5O/c1-6-10-11(15-18-16-12(10)20)17-19(6)5-7-2-3-8(14)4-9(7)13;17-11-9-7-16(14-10(9)12-15-13-11)6-8-4-2-1-3-5-8/h2-4H,5H2,1H3,(H,15,16,17,20);1-5,7H,6H2,(H,12,13,14,17). The van der Waals surface area contributed by atoms with Gasteiger partial charge in [0.25, 0.3) is 11.1 Å². The maximum absolute atomic E-state index is 13.0. The number of nitrogens with zero attached hydrogens (tertiary/aromatic N) is 8. The Hall–Kier alpha value is -4.78. The molecule has 14 heteroatoms. The average Bonchev–Trinajstić information content (AvgIpc) is 3.44. The Morgan fingerprint density at radius 1 is 0.919 bits per heavy atom. The van der Waals surface area contributed by atoms with Gasteiger partial charge in [0.1, 0.15) is 16.6 Å². The van der Waals surface area contributed by atoms with Crippen molar-refractivity contribution < 1.29 is 4.39 Å². The van der Waals surface area contributed by atoms with Gasteiger partial charge in [-0.3, -0.25) is 19.0 Å². The summed E-state index contributed by atoms with van der Waals surface area (Å²) in [7, 11) is 0.